The van der Waals surface area contributed by atoms with Crippen molar-refractivity contribution in [1.29, 1.82) is 0 Å². The maximum Gasteiger partial charge on any atom is 0.244 e. The molecule has 1 aliphatic rings. The summed E-state index contributed by atoms with van der Waals surface area (Å²) in [6.45, 7) is -0.0830. The normalized spacial score (nSPS) is 17.1. The summed E-state index contributed by atoms with van der Waals surface area (Å²) in [4.78, 5) is 4.30. The van der Waals surface area contributed by atoms with Crippen LogP contribution >= 0.6 is 12.4 Å². The summed E-state index contributed by atoms with van der Waals surface area (Å²) in [5, 5.41) is 7.72. The Morgan fingerprint density at radius 1 is 1.43 bits per heavy atom. The second-order valence-electron chi connectivity index (χ2n) is 5.55. The van der Waals surface area contributed by atoms with Crippen molar-refractivity contribution in [2.75, 3.05) is 0 Å². The van der Waals surface area contributed by atoms with E-state index < -0.39 is 15.6 Å². The van der Waals surface area contributed by atoms with Crippen LogP contribution < -0.4 is 10.5 Å². The predicted octanol–water partition coefficient (Wildman–Crippen LogP) is 0.431. The maximum atomic E-state index is 12.1. The number of hydrogen-bond acceptors (Lipinski definition) is 7. The number of aryl methyl sites for hydroxylation is 1. The van der Waals surface area contributed by atoms with E-state index in [4.69, 9.17) is 10.3 Å². The van der Waals surface area contributed by atoms with Crippen LogP contribution in [-0.2, 0) is 29.2 Å². The number of nitrogens with one attached hydrogen (secondary N) is 1. The molecule has 0 aliphatic heterocycles. The molecule has 0 amide bonds. The monoisotopic (exact) mass is 362 g/mol. The van der Waals surface area contributed by atoms with Gasteiger partial charge in [-0.3, -0.25) is 4.68 Å². The molecule has 0 spiro atoms. The van der Waals surface area contributed by atoms with Crippen molar-refractivity contribution < 1.29 is 12.9 Å². The van der Waals surface area contributed by atoms with Gasteiger partial charge in [0.15, 0.2) is 5.82 Å². The summed E-state index contributed by atoms with van der Waals surface area (Å²) < 4.78 is 33.0. The third-order valence-electron chi connectivity index (χ3n) is 3.81. The number of nitrogens with two attached hydrogens (primary N) is 1. The van der Waals surface area contributed by atoms with Crippen molar-refractivity contribution in [3.63, 3.8) is 0 Å². The Morgan fingerprint density at radius 3 is 2.74 bits per heavy atom. The van der Waals surface area contributed by atoms with Gasteiger partial charge in [-0.1, -0.05) is 18.0 Å². The van der Waals surface area contributed by atoms with E-state index >= 15 is 0 Å². The fraction of sp³-hybridized carbons (Fsp3) is 0.583. The van der Waals surface area contributed by atoms with Gasteiger partial charge in [-0.05, 0) is 12.8 Å². The molecule has 2 aromatic heterocycles. The van der Waals surface area contributed by atoms with Gasteiger partial charge in [0.25, 0.3) is 0 Å². The zero-order chi connectivity index (χ0) is 15.8. The van der Waals surface area contributed by atoms with Crippen LogP contribution in [0.1, 0.15) is 37.4 Å². The van der Waals surface area contributed by atoms with Crippen LogP contribution in [-0.4, -0.2) is 28.3 Å². The third-order valence-corrected chi connectivity index (χ3v) is 5.17. The lowest BCUT2D eigenvalue weighted by Gasteiger charge is -2.17. The highest BCUT2D eigenvalue weighted by molar-refractivity contribution is 7.89. The lowest BCUT2D eigenvalue weighted by molar-refractivity contribution is 0.347. The van der Waals surface area contributed by atoms with E-state index in [0.717, 1.165) is 25.7 Å². The highest BCUT2D eigenvalue weighted by Gasteiger charge is 2.36. The summed E-state index contributed by atoms with van der Waals surface area (Å²) in [7, 11) is -2.01. The summed E-state index contributed by atoms with van der Waals surface area (Å²) in [6.07, 6.45) is 6.38. The highest BCUT2D eigenvalue weighted by atomic mass is 35.5. The smallest absolute Gasteiger partial charge is 0.244 e. The molecule has 0 unspecified atom stereocenters. The standard InChI is InChI=1S/C12H18N6O3S.ClH/c1-18-8-9(6-14-18)22(19,20)15-7-10-16-11(17-21-10)12(13)4-2-3-5-12;/h6,8,15H,2-5,7,13H2,1H3;1H. The first-order chi connectivity index (χ1) is 10.4. The summed E-state index contributed by atoms with van der Waals surface area (Å²) in [6, 6.07) is 0. The fourth-order valence-electron chi connectivity index (χ4n) is 2.54. The van der Waals surface area contributed by atoms with Crippen LogP contribution in [0.25, 0.3) is 0 Å². The molecule has 0 bridgehead atoms. The number of rotatable bonds is 5. The van der Waals surface area contributed by atoms with Gasteiger partial charge in [-0.25, -0.2) is 13.1 Å². The summed E-state index contributed by atoms with van der Waals surface area (Å²) >= 11 is 0. The molecular weight excluding hydrogens is 344 g/mol. The Balaban J connectivity index is 0.00000192. The molecule has 3 rings (SSSR count). The van der Waals surface area contributed by atoms with E-state index in [1.807, 2.05) is 0 Å². The Hall–Kier alpha value is -1.49. The number of halogens is 1. The minimum absolute atomic E-state index is 0. The number of aromatic nitrogens is 4. The summed E-state index contributed by atoms with van der Waals surface area (Å²) in [5.74, 6) is 0.639. The quantitative estimate of drug-likeness (QED) is 0.788. The van der Waals surface area contributed by atoms with Gasteiger partial charge in [-0.15, -0.1) is 12.4 Å². The Labute approximate surface area is 140 Å². The van der Waals surface area contributed by atoms with Crippen molar-refractivity contribution in [2.24, 2.45) is 12.8 Å². The highest BCUT2D eigenvalue weighted by Crippen LogP contribution is 2.34. The molecule has 9 nitrogen and oxygen atoms in total. The fourth-order valence-corrected chi connectivity index (χ4v) is 3.49. The zero-order valence-electron chi connectivity index (χ0n) is 12.6. The van der Waals surface area contributed by atoms with Gasteiger partial charge in [0.2, 0.25) is 15.9 Å². The van der Waals surface area contributed by atoms with Crippen LogP contribution in [0.3, 0.4) is 0 Å². The molecule has 128 valence electrons. The van der Waals surface area contributed by atoms with Crippen molar-refractivity contribution in [2.45, 2.75) is 42.7 Å². The van der Waals surface area contributed by atoms with Gasteiger partial charge in [0.05, 0.1) is 18.3 Å². The molecule has 2 aromatic rings. The van der Waals surface area contributed by atoms with Crippen molar-refractivity contribution in [3.05, 3.63) is 24.1 Å². The molecule has 0 atom stereocenters. The zero-order valence-corrected chi connectivity index (χ0v) is 14.2. The van der Waals surface area contributed by atoms with Crippen LogP contribution in [0.5, 0.6) is 0 Å². The maximum absolute atomic E-state index is 12.1. The Morgan fingerprint density at radius 2 is 2.13 bits per heavy atom. The molecule has 23 heavy (non-hydrogen) atoms. The second-order valence-corrected chi connectivity index (χ2v) is 7.32. The Bertz CT molecular complexity index is 765. The van der Waals surface area contributed by atoms with Gasteiger partial charge in [-0.2, -0.15) is 10.1 Å². The number of hydrogen-bond donors (Lipinski definition) is 2. The average molecular weight is 363 g/mol. The molecule has 0 radical (unpaired) electrons. The van der Waals surface area contributed by atoms with Crippen LogP contribution in [0.15, 0.2) is 21.8 Å². The number of sulfonamides is 1. The largest absolute Gasteiger partial charge is 0.338 e. The molecule has 1 aliphatic carbocycles. The molecule has 3 N–H and O–H groups in total. The molecule has 0 saturated heterocycles. The first-order valence-electron chi connectivity index (χ1n) is 6.99. The lowest BCUT2D eigenvalue weighted by atomic mass is 9.99. The van der Waals surface area contributed by atoms with Gasteiger partial charge >= 0.3 is 0 Å². The molecule has 2 heterocycles. The van der Waals surface area contributed by atoms with Gasteiger partial charge in [0.1, 0.15) is 4.90 Å². The topological polar surface area (TPSA) is 129 Å². The van der Waals surface area contributed by atoms with Crippen LogP contribution in [0.2, 0.25) is 0 Å². The third kappa shape index (κ3) is 3.71. The number of nitrogens with zero attached hydrogens (tertiary/aromatic N) is 4. The van der Waals surface area contributed by atoms with Crippen molar-refractivity contribution in [1.82, 2.24) is 24.6 Å². The summed E-state index contributed by atoms with van der Waals surface area (Å²) in [5.41, 5.74) is 5.68. The minimum Gasteiger partial charge on any atom is -0.338 e. The predicted molar refractivity (Wildman–Crippen MR) is 83.1 cm³/mol. The van der Waals surface area contributed by atoms with Crippen LogP contribution in [0, 0.1) is 0 Å². The van der Waals surface area contributed by atoms with Crippen molar-refractivity contribution in [3.8, 4) is 0 Å². The minimum atomic E-state index is -3.65. The molecule has 11 heteroatoms. The van der Waals surface area contributed by atoms with Gasteiger partial charge in [0, 0.05) is 13.2 Å². The second kappa shape index (κ2) is 6.56. The first kappa shape index (κ1) is 17.9. The molecule has 1 saturated carbocycles. The first-order valence-corrected chi connectivity index (χ1v) is 8.48. The average Bonchev–Trinajstić information content (AvgIpc) is 3.17. The van der Waals surface area contributed by atoms with E-state index in [1.165, 1.54) is 17.1 Å². The molecular formula is C12H19ClN6O3S. The van der Waals surface area contributed by atoms with Crippen LogP contribution in [0.4, 0.5) is 0 Å². The SMILES string of the molecule is Cl.Cn1cc(S(=O)(=O)NCc2nc(C3(N)CCCC3)no2)cn1. The lowest BCUT2D eigenvalue weighted by Crippen LogP contribution is -2.34. The van der Waals surface area contributed by atoms with E-state index in [2.05, 4.69) is 20.0 Å². The molecule has 0 aromatic carbocycles. The Kier molecular flexibility index (Phi) is 5.09. The van der Waals surface area contributed by atoms with E-state index in [-0.39, 0.29) is 29.7 Å². The van der Waals surface area contributed by atoms with Gasteiger partial charge < -0.3 is 10.3 Å². The van der Waals surface area contributed by atoms with E-state index in [9.17, 15) is 8.42 Å². The van der Waals surface area contributed by atoms with Crippen molar-refractivity contribution >= 4 is 22.4 Å². The van der Waals surface area contributed by atoms with E-state index in [1.54, 1.807) is 7.05 Å². The molecule has 1 fully saturated rings. The van der Waals surface area contributed by atoms with E-state index in [0.29, 0.717) is 5.82 Å².